The zero-order chi connectivity index (χ0) is 11.9. The van der Waals surface area contributed by atoms with E-state index in [1.165, 1.54) is 5.56 Å². The number of rotatable bonds is 3. The molecule has 1 aromatic carbocycles. The van der Waals surface area contributed by atoms with Crippen LogP contribution in [0.3, 0.4) is 0 Å². The van der Waals surface area contributed by atoms with Gasteiger partial charge in [0.1, 0.15) is 0 Å². The third kappa shape index (κ3) is 1.76. The van der Waals surface area contributed by atoms with Crippen LogP contribution in [0.4, 0.5) is 5.69 Å². The lowest BCUT2D eigenvalue weighted by molar-refractivity contribution is -0.115. The predicted octanol–water partition coefficient (Wildman–Crippen LogP) is 1.77. The number of nitrogens with one attached hydrogen (secondary N) is 1. The molecule has 2 aliphatic heterocycles. The number of ether oxygens (including phenoxy) is 1. The van der Waals surface area contributed by atoms with Crippen molar-refractivity contribution >= 4 is 24.2 Å². The van der Waals surface area contributed by atoms with Crippen LogP contribution in [0.1, 0.15) is 17.5 Å². The van der Waals surface area contributed by atoms with Crippen molar-refractivity contribution in [2.45, 2.75) is 18.3 Å². The van der Waals surface area contributed by atoms with Crippen molar-refractivity contribution in [2.24, 2.45) is 0 Å². The number of hydrogen-bond acceptors (Lipinski definition) is 3. The zero-order valence-electron chi connectivity index (χ0n) is 9.53. The summed E-state index contributed by atoms with van der Waals surface area (Å²) in [6.45, 7) is 1.54. The van der Waals surface area contributed by atoms with Gasteiger partial charge in [0.25, 0.3) is 0 Å². The molecule has 17 heavy (non-hydrogen) atoms. The molecule has 0 radical (unpaired) electrons. The molecule has 0 bridgehead atoms. The number of benzene rings is 1. The Morgan fingerprint density at radius 3 is 2.88 bits per heavy atom. The Bertz CT molecular complexity index is 468. The second-order valence-electron chi connectivity index (χ2n) is 4.84. The van der Waals surface area contributed by atoms with Crippen LogP contribution in [0.25, 0.3) is 0 Å². The molecule has 2 aliphatic rings. The van der Waals surface area contributed by atoms with Gasteiger partial charge in [0.05, 0.1) is 19.6 Å². The molecule has 1 fully saturated rings. The summed E-state index contributed by atoms with van der Waals surface area (Å²) < 4.78 is 5.37. The summed E-state index contributed by atoms with van der Waals surface area (Å²) in [5.74, 6) is 0.947. The van der Waals surface area contributed by atoms with Crippen molar-refractivity contribution in [1.82, 2.24) is 0 Å². The van der Waals surface area contributed by atoms with E-state index in [9.17, 15) is 4.79 Å². The summed E-state index contributed by atoms with van der Waals surface area (Å²) in [6, 6.07) is 6.27. The van der Waals surface area contributed by atoms with Crippen LogP contribution in [0.15, 0.2) is 18.2 Å². The molecule has 0 unspecified atom stereocenters. The second-order valence-corrected chi connectivity index (χ2v) is 5.29. The van der Waals surface area contributed by atoms with Crippen LogP contribution in [-0.2, 0) is 21.4 Å². The number of anilines is 1. The van der Waals surface area contributed by atoms with Gasteiger partial charge in [-0.25, -0.2) is 0 Å². The lowest BCUT2D eigenvalue weighted by atomic mass is 9.76. The molecule has 1 saturated heterocycles. The molecular formula is C13H15NO2S. The molecule has 0 aliphatic carbocycles. The fourth-order valence-corrected chi connectivity index (χ4v) is 3.01. The first-order chi connectivity index (χ1) is 8.23. The van der Waals surface area contributed by atoms with E-state index >= 15 is 0 Å². The number of carbonyl (C=O) groups excluding carboxylic acids is 1. The number of fused-ring (bicyclic) bond motifs is 1. The van der Waals surface area contributed by atoms with Gasteiger partial charge in [0.15, 0.2) is 0 Å². The third-order valence-electron chi connectivity index (χ3n) is 3.69. The lowest BCUT2D eigenvalue weighted by Crippen LogP contribution is -2.47. The van der Waals surface area contributed by atoms with Gasteiger partial charge < -0.3 is 10.1 Å². The van der Waals surface area contributed by atoms with Crippen LogP contribution in [0.5, 0.6) is 0 Å². The minimum absolute atomic E-state index is 0.0882. The highest BCUT2D eigenvalue weighted by molar-refractivity contribution is 7.80. The summed E-state index contributed by atoms with van der Waals surface area (Å²) in [4.78, 5) is 11.3. The van der Waals surface area contributed by atoms with Gasteiger partial charge in [0, 0.05) is 11.1 Å². The van der Waals surface area contributed by atoms with Crippen molar-refractivity contribution < 1.29 is 9.53 Å². The van der Waals surface area contributed by atoms with E-state index in [1.54, 1.807) is 0 Å². The summed E-state index contributed by atoms with van der Waals surface area (Å²) in [6.07, 6.45) is 1.53. The van der Waals surface area contributed by atoms with Gasteiger partial charge in [-0.15, -0.1) is 0 Å². The van der Waals surface area contributed by atoms with Crippen LogP contribution in [0, 0.1) is 0 Å². The quantitative estimate of drug-likeness (QED) is 0.801. The smallest absolute Gasteiger partial charge is 0.228 e. The number of thiol groups is 1. The van der Waals surface area contributed by atoms with E-state index in [0.717, 1.165) is 36.6 Å². The van der Waals surface area contributed by atoms with Crippen molar-refractivity contribution in [2.75, 3.05) is 24.3 Å². The molecule has 4 heteroatoms. The maximum absolute atomic E-state index is 11.3. The Hall–Kier alpha value is -1.00. The molecule has 1 aromatic rings. The normalized spacial score (nSPS) is 20.6. The van der Waals surface area contributed by atoms with E-state index in [1.807, 2.05) is 6.07 Å². The molecule has 0 atom stereocenters. The minimum Gasteiger partial charge on any atom is -0.379 e. The van der Waals surface area contributed by atoms with E-state index in [4.69, 9.17) is 4.74 Å². The van der Waals surface area contributed by atoms with Gasteiger partial charge in [0.2, 0.25) is 5.91 Å². The Balaban J connectivity index is 1.94. The van der Waals surface area contributed by atoms with E-state index in [-0.39, 0.29) is 11.3 Å². The van der Waals surface area contributed by atoms with Crippen LogP contribution < -0.4 is 5.32 Å². The maximum atomic E-state index is 11.3. The van der Waals surface area contributed by atoms with Crippen molar-refractivity contribution in [1.29, 1.82) is 0 Å². The second kappa shape index (κ2) is 4.03. The van der Waals surface area contributed by atoms with E-state index in [0.29, 0.717) is 6.42 Å². The summed E-state index contributed by atoms with van der Waals surface area (Å²) in [5, 5.41) is 2.86. The van der Waals surface area contributed by atoms with Gasteiger partial charge in [-0.1, -0.05) is 12.1 Å². The summed E-state index contributed by atoms with van der Waals surface area (Å²) >= 11 is 4.33. The first-order valence-electron chi connectivity index (χ1n) is 5.85. The van der Waals surface area contributed by atoms with Crippen LogP contribution in [-0.4, -0.2) is 24.9 Å². The first-order valence-corrected chi connectivity index (χ1v) is 6.49. The largest absolute Gasteiger partial charge is 0.379 e. The SMILES string of the molecule is O=C1Cc2cc(C3(CCS)COC3)ccc2N1. The maximum Gasteiger partial charge on any atom is 0.228 e. The molecule has 3 nitrogen and oxygen atoms in total. The Morgan fingerprint density at radius 1 is 1.41 bits per heavy atom. The van der Waals surface area contributed by atoms with Crippen LogP contribution >= 0.6 is 12.6 Å². The monoisotopic (exact) mass is 249 g/mol. The number of hydrogen-bond donors (Lipinski definition) is 2. The van der Waals surface area contributed by atoms with E-state index in [2.05, 4.69) is 30.1 Å². The van der Waals surface area contributed by atoms with Crippen LogP contribution in [0.2, 0.25) is 0 Å². The third-order valence-corrected chi connectivity index (χ3v) is 3.91. The predicted molar refractivity (Wildman–Crippen MR) is 69.7 cm³/mol. The molecule has 0 aromatic heterocycles. The average molecular weight is 249 g/mol. The standard InChI is InChI=1S/C13H15NO2S/c15-12-6-9-5-10(1-2-11(9)14-12)13(3-4-17)7-16-8-13/h1-2,5,17H,3-4,6-8H2,(H,14,15). The highest BCUT2D eigenvalue weighted by atomic mass is 32.1. The minimum atomic E-state index is 0.0882. The van der Waals surface area contributed by atoms with Gasteiger partial charge >= 0.3 is 0 Å². The topological polar surface area (TPSA) is 38.3 Å². The molecule has 3 rings (SSSR count). The van der Waals surface area contributed by atoms with Gasteiger partial charge in [-0.2, -0.15) is 12.6 Å². The summed E-state index contributed by atoms with van der Waals surface area (Å²) in [5.41, 5.74) is 3.48. The molecule has 1 N–H and O–H groups in total. The fourth-order valence-electron chi connectivity index (χ4n) is 2.58. The molecule has 2 heterocycles. The van der Waals surface area contributed by atoms with Crippen molar-refractivity contribution in [3.05, 3.63) is 29.3 Å². The van der Waals surface area contributed by atoms with Gasteiger partial charge in [-0.05, 0) is 29.4 Å². The van der Waals surface area contributed by atoms with Crippen molar-refractivity contribution in [3.8, 4) is 0 Å². The Kier molecular flexibility index (Phi) is 2.64. The van der Waals surface area contributed by atoms with Gasteiger partial charge in [-0.3, -0.25) is 4.79 Å². The summed E-state index contributed by atoms with van der Waals surface area (Å²) in [7, 11) is 0. The highest BCUT2D eigenvalue weighted by Gasteiger charge is 2.40. The average Bonchev–Trinajstić information content (AvgIpc) is 2.62. The molecule has 90 valence electrons. The fraction of sp³-hybridized carbons (Fsp3) is 0.462. The van der Waals surface area contributed by atoms with Crippen molar-refractivity contribution in [3.63, 3.8) is 0 Å². The molecule has 0 spiro atoms. The lowest BCUT2D eigenvalue weighted by Gasteiger charge is -2.42. The Labute approximate surface area is 106 Å². The Morgan fingerprint density at radius 2 is 2.24 bits per heavy atom. The zero-order valence-corrected chi connectivity index (χ0v) is 10.4. The highest BCUT2D eigenvalue weighted by Crippen LogP contribution is 2.38. The molecule has 1 amide bonds. The first kappa shape index (κ1) is 11.1. The molecule has 0 saturated carbocycles. The number of carbonyl (C=O) groups is 1. The molecular weight excluding hydrogens is 234 g/mol. The van der Waals surface area contributed by atoms with E-state index < -0.39 is 0 Å². The number of amides is 1.